The normalized spacial score (nSPS) is 11.4. The van der Waals surface area contributed by atoms with E-state index in [0.29, 0.717) is 16.0 Å². The van der Waals surface area contributed by atoms with Crippen molar-refractivity contribution in [1.29, 1.82) is 0 Å². The van der Waals surface area contributed by atoms with E-state index in [-0.39, 0.29) is 18.3 Å². The summed E-state index contributed by atoms with van der Waals surface area (Å²) in [5.74, 6) is -0.235. The van der Waals surface area contributed by atoms with Crippen LogP contribution in [0.2, 0.25) is 5.02 Å². The van der Waals surface area contributed by atoms with Crippen LogP contribution >= 0.6 is 42.9 Å². The first-order valence-electron chi connectivity index (χ1n) is 10.1. The fourth-order valence-corrected chi connectivity index (χ4v) is 8.42. The minimum absolute atomic E-state index is 0. The first-order chi connectivity index (χ1) is 15.7. The molecule has 2 nitrogen and oxygen atoms in total. The highest BCUT2D eigenvalue weighted by Crippen LogP contribution is 2.61. The van der Waals surface area contributed by atoms with Gasteiger partial charge in [0.15, 0.2) is 12.7 Å². The van der Waals surface area contributed by atoms with Crippen LogP contribution in [-0.2, 0) is 0 Å². The molecule has 0 aliphatic rings. The standard InChI is InChI=1S/C27H20Cl2NOP.ClH/c28-20-26(30-27(31)21-16-18-22(29)19-17-21)32(23-10-4-1-5-11-23,24-12-6-2-7-13-24)25-14-8-3-9-15-25;/h1-20H;1H/p+1/b26-20+;. The Morgan fingerprint density at radius 2 is 1.06 bits per heavy atom. The second-order valence-corrected chi connectivity index (χ2v) is 11.2. The molecule has 0 unspecified atom stereocenters. The molecule has 166 valence electrons. The van der Waals surface area contributed by atoms with Gasteiger partial charge in [0.05, 0.1) is 5.54 Å². The Bertz CT molecular complexity index is 1120. The van der Waals surface area contributed by atoms with E-state index in [1.54, 1.807) is 24.3 Å². The molecule has 4 aromatic rings. The fraction of sp³-hybridized carbons (Fsp3) is 0. The topological polar surface area (TPSA) is 29.1 Å². The number of carbonyl (C=O) groups is 1. The van der Waals surface area contributed by atoms with Crippen molar-refractivity contribution in [3.8, 4) is 0 Å². The summed E-state index contributed by atoms with van der Waals surface area (Å²) in [7, 11) is -2.48. The van der Waals surface area contributed by atoms with Crippen molar-refractivity contribution in [3.05, 3.63) is 137 Å². The maximum Gasteiger partial charge on any atom is 0.258 e. The Morgan fingerprint density at radius 3 is 1.42 bits per heavy atom. The van der Waals surface area contributed by atoms with Crippen LogP contribution in [0, 0.1) is 0 Å². The number of carbonyl (C=O) groups excluding carboxylic acids is 1. The molecule has 33 heavy (non-hydrogen) atoms. The number of benzene rings is 4. The highest BCUT2D eigenvalue weighted by Gasteiger charge is 2.50. The summed E-state index contributed by atoms with van der Waals surface area (Å²) in [6, 6.07) is 37.5. The van der Waals surface area contributed by atoms with Crippen LogP contribution < -0.4 is 21.2 Å². The summed E-state index contributed by atoms with van der Waals surface area (Å²) in [6.07, 6.45) is 0. The first-order valence-corrected chi connectivity index (χ1v) is 12.7. The van der Waals surface area contributed by atoms with Crippen molar-refractivity contribution in [3.63, 3.8) is 0 Å². The lowest BCUT2D eigenvalue weighted by Crippen LogP contribution is -2.38. The number of nitrogens with one attached hydrogen (secondary N) is 1. The molecule has 0 saturated carbocycles. The highest BCUT2D eigenvalue weighted by molar-refractivity contribution is 7.99. The number of hydrogen-bond donors (Lipinski definition) is 1. The van der Waals surface area contributed by atoms with Gasteiger partial charge in [-0.1, -0.05) is 77.8 Å². The summed E-state index contributed by atoms with van der Waals surface area (Å²) >= 11 is 12.5. The summed E-state index contributed by atoms with van der Waals surface area (Å²) in [6.45, 7) is 0. The monoisotopic (exact) mass is 512 g/mol. The molecule has 4 rings (SSSR count). The van der Waals surface area contributed by atoms with E-state index in [4.69, 9.17) is 23.2 Å². The molecule has 0 heterocycles. The van der Waals surface area contributed by atoms with Crippen LogP contribution in [0.3, 0.4) is 0 Å². The van der Waals surface area contributed by atoms with Gasteiger partial charge >= 0.3 is 0 Å². The molecular formula is C27H22Cl3NOP+. The van der Waals surface area contributed by atoms with Crippen molar-refractivity contribution in [2.45, 2.75) is 0 Å². The molecule has 0 aromatic heterocycles. The van der Waals surface area contributed by atoms with Gasteiger partial charge in [0, 0.05) is 10.6 Å². The number of halogens is 3. The highest BCUT2D eigenvalue weighted by atomic mass is 35.5. The maximum atomic E-state index is 13.2. The van der Waals surface area contributed by atoms with Gasteiger partial charge in [0.2, 0.25) is 0 Å². The third kappa shape index (κ3) is 5.16. The molecule has 1 amide bonds. The lowest BCUT2D eigenvalue weighted by Gasteiger charge is -2.29. The van der Waals surface area contributed by atoms with Crippen molar-refractivity contribution in [2.24, 2.45) is 0 Å². The second-order valence-electron chi connectivity index (χ2n) is 7.13. The molecule has 0 aliphatic heterocycles. The van der Waals surface area contributed by atoms with Crippen LogP contribution in [0.25, 0.3) is 0 Å². The Kier molecular flexibility index (Phi) is 8.72. The molecule has 0 atom stereocenters. The smallest absolute Gasteiger partial charge is 0.258 e. The first kappa shape index (κ1) is 25.0. The average molecular weight is 514 g/mol. The third-order valence-electron chi connectivity index (χ3n) is 5.24. The summed E-state index contributed by atoms with van der Waals surface area (Å²) in [4.78, 5) is 13.2. The predicted molar refractivity (Wildman–Crippen MR) is 145 cm³/mol. The van der Waals surface area contributed by atoms with E-state index in [2.05, 4.69) is 41.7 Å². The van der Waals surface area contributed by atoms with Crippen molar-refractivity contribution in [2.75, 3.05) is 0 Å². The molecule has 6 heteroatoms. The molecule has 0 fully saturated rings. The van der Waals surface area contributed by atoms with E-state index in [1.807, 2.05) is 54.6 Å². The van der Waals surface area contributed by atoms with Gasteiger partial charge in [0.1, 0.15) is 15.9 Å². The lowest BCUT2D eigenvalue weighted by molar-refractivity contribution is 0.0968. The minimum Gasteiger partial charge on any atom is -0.291 e. The maximum absolute atomic E-state index is 13.2. The molecule has 0 spiro atoms. The van der Waals surface area contributed by atoms with Crippen LogP contribution in [0.4, 0.5) is 0 Å². The minimum atomic E-state index is -2.48. The number of hydrogen-bond acceptors (Lipinski definition) is 1. The average Bonchev–Trinajstić information content (AvgIpc) is 2.86. The van der Waals surface area contributed by atoms with E-state index < -0.39 is 7.26 Å². The largest absolute Gasteiger partial charge is 0.291 e. The van der Waals surface area contributed by atoms with Crippen LogP contribution in [0.1, 0.15) is 10.4 Å². The van der Waals surface area contributed by atoms with Gasteiger partial charge in [-0.25, -0.2) is 0 Å². The van der Waals surface area contributed by atoms with E-state index >= 15 is 0 Å². The summed E-state index contributed by atoms with van der Waals surface area (Å²) < 4.78 is 0. The fourth-order valence-electron chi connectivity index (χ4n) is 3.79. The van der Waals surface area contributed by atoms with Gasteiger partial charge < -0.3 is 0 Å². The number of rotatable bonds is 6. The molecular weight excluding hydrogens is 492 g/mol. The second kappa shape index (κ2) is 11.5. The third-order valence-corrected chi connectivity index (χ3v) is 10.0. The molecule has 1 N–H and O–H groups in total. The van der Waals surface area contributed by atoms with E-state index in [0.717, 1.165) is 15.9 Å². The van der Waals surface area contributed by atoms with Gasteiger partial charge in [-0.15, -0.1) is 12.4 Å². The van der Waals surface area contributed by atoms with Crippen molar-refractivity contribution >= 4 is 64.7 Å². The predicted octanol–water partition coefficient (Wildman–Crippen LogP) is 6.52. The zero-order chi connectivity index (χ0) is 22.4. The zero-order valence-corrected chi connectivity index (χ0v) is 20.8. The Hall–Kier alpha value is -2.61. The van der Waals surface area contributed by atoms with Gasteiger partial charge in [-0.05, 0) is 60.7 Å². The SMILES string of the molecule is Cl.O=C(N/C(=C\Cl)[P+](c1ccccc1)(c1ccccc1)c1ccccc1)c1ccc(Cl)cc1. The van der Waals surface area contributed by atoms with Crippen molar-refractivity contribution in [1.82, 2.24) is 5.32 Å². The Morgan fingerprint density at radius 1 is 0.667 bits per heavy atom. The van der Waals surface area contributed by atoms with Crippen LogP contribution in [0.15, 0.2) is 126 Å². The molecule has 0 aliphatic carbocycles. The molecule has 4 aromatic carbocycles. The quantitative estimate of drug-likeness (QED) is 0.292. The summed E-state index contributed by atoms with van der Waals surface area (Å²) in [5.41, 5.74) is 2.69. The van der Waals surface area contributed by atoms with Crippen LogP contribution in [0.5, 0.6) is 0 Å². The zero-order valence-electron chi connectivity index (χ0n) is 17.6. The van der Waals surface area contributed by atoms with Crippen LogP contribution in [-0.4, -0.2) is 5.91 Å². The number of amides is 1. The van der Waals surface area contributed by atoms with E-state index in [9.17, 15) is 4.79 Å². The van der Waals surface area contributed by atoms with Crippen molar-refractivity contribution < 1.29 is 4.79 Å². The molecule has 0 bridgehead atoms. The van der Waals surface area contributed by atoms with Gasteiger partial charge in [-0.3, -0.25) is 10.1 Å². The Balaban J connectivity index is 0.00000306. The van der Waals surface area contributed by atoms with Gasteiger partial charge in [0.25, 0.3) is 5.91 Å². The lowest BCUT2D eigenvalue weighted by atomic mass is 10.2. The van der Waals surface area contributed by atoms with Gasteiger partial charge in [-0.2, -0.15) is 0 Å². The summed E-state index contributed by atoms with van der Waals surface area (Å²) in [5, 5.41) is 7.01. The van der Waals surface area contributed by atoms with E-state index in [1.165, 1.54) is 5.54 Å². The molecule has 0 saturated heterocycles. The molecule has 0 radical (unpaired) electrons. The Labute approximate surface area is 211 Å².